The smallest absolute Gasteiger partial charge is 0.323 e. The topological polar surface area (TPSA) is 46.6 Å². The molecular formula is C21H25NO3. The highest BCUT2D eigenvalue weighted by atomic mass is 16.5. The number of aryl methyl sites for hydroxylation is 1. The molecule has 4 nitrogen and oxygen atoms in total. The number of carbonyl (C=O) groups is 2. The SMILES string of the molecule is CC[C@H](C(=O)OC)N(CC(=O)c1cccc(C)c1)Cc1ccccc1. The van der Waals surface area contributed by atoms with Gasteiger partial charge in [0.15, 0.2) is 5.78 Å². The number of benzene rings is 2. The Morgan fingerprint density at radius 3 is 2.40 bits per heavy atom. The van der Waals surface area contributed by atoms with Gasteiger partial charge in [-0.15, -0.1) is 0 Å². The first-order valence-corrected chi connectivity index (χ1v) is 8.50. The molecule has 132 valence electrons. The molecule has 0 N–H and O–H groups in total. The first kappa shape index (κ1) is 18.9. The summed E-state index contributed by atoms with van der Waals surface area (Å²) in [5.74, 6) is -0.308. The van der Waals surface area contributed by atoms with Gasteiger partial charge in [0.1, 0.15) is 6.04 Å². The molecule has 0 heterocycles. The van der Waals surface area contributed by atoms with Gasteiger partial charge in [0.25, 0.3) is 0 Å². The van der Waals surface area contributed by atoms with Gasteiger partial charge in [-0.25, -0.2) is 0 Å². The highest BCUT2D eigenvalue weighted by Crippen LogP contribution is 2.14. The molecule has 2 aromatic rings. The Bertz CT molecular complexity index is 712. The summed E-state index contributed by atoms with van der Waals surface area (Å²) in [6.45, 7) is 4.58. The molecule has 25 heavy (non-hydrogen) atoms. The Labute approximate surface area is 149 Å². The van der Waals surface area contributed by atoms with Gasteiger partial charge in [0.05, 0.1) is 13.7 Å². The second-order valence-electron chi connectivity index (χ2n) is 6.13. The summed E-state index contributed by atoms with van der Waals surface area (Å²) in [6.07, 6.45) is 0.584. The summed E-state index contributed by atoms with van der Waals surface area (Å²) in [5.41, 5.74) is 2.76. The number of esters is 1. The third kappa shape index (κ3) is 5.26. The predicted molar refractivity (Wildman–Crippen MR) is 98.5 cm³/mol. The van der Waals surface area contributed by atoms with Crippen LogP contribution in [0.5, 0.6) is 0 Å². The minimum atomic E-state index is -0.445. The molecular weight excluding hydrogens is 314 g/mol. The van der Waals surface area contributed by atoms with Crippen LogP contribution in [0.25, 0.3) is 0 Å². The summed E-state index contributed by atoms with van der Waals surface area (Å²) in [6, 6.07) is 16.9. The number of rotatable bonds is 8. The minimum absolute atomic E-state index is 0.00184. The first-order chi connectivity index (χ1) is 12.0. The van der Waals surface area contributed by atoms with Crippen LogP contribution in [0.2, 0.25) is 0 Å². The van der Waals surface area contributed by atoms with E-state index in [-0.39, 0.29) is 18.3 Å². The van der Waals surface area contributed by atoms with E-state index in [9.17, 15) is 9.59 Å². The average Bonchev–Trinajstić information content (AvgIpc) is 2.62. The summed E-state index contributed by atoms with van der Waals surface area (Å²) in [7, 11) is 1.38. The van der Waals surface area contributed by atoms with Crippen LogP contribution in [0.4, 0.5) is 0 Å². The molecule has 2 aromatic carbocycles. The molecule has 0 saturated heterocycles. The van der Waals surface area contributed by atoms with E-state index in [0.29, 0.717) is 18.5 Å². The van der Waals surface area contributed by atoms with Gasteiger partial charge in [0, 0.05) is 12.1 Å². The van der Waals surface area contributed by atoms with Crippen LogP contribution in [0.15, 0.2) is 54.6 Å². The van der Waals surface area contributed by atoms with Gasteiger partial charge in [-0.1, -0.05) is 61.0 Å². The number of hydrogen-bond acceptors (Lipinski definition) is 4. The van der Waals surface area contributed by atoms with Crippen molar-refractivity contribution in [2.24, 2.45) is 0 Å². The lowest BCUT2D eigenvalue weighted by Crippen LogP contribution is -2.43. The lowest BCUT2D eigenvalue weighted by Gasteiger charge is -2.28. The lowest BCUT2D eigenvalue weighted by atomic mass is 10.1. The second kappa shape index (κ2) is 9.14. The van der Waals surface area contributed by atoms with Crippen LogP contribution >= 0.6 is 0 Å². The highest BCUT2D eigenvalue weighted by Gasteiger charge is 2.27. The fraction of sp³-hybridized carbons (Fsp3) is 0.333. The molecule has 0 spiro atoms. The quantitative estimate of drug-likeness (QED) is 0.544. The van der Waals surface area contributed by atoms with Crippen LogP contribution < -0.4 is 0 Å². The molecule has 0 unspecified atom stereocenters. The number of carbonyl (C=O) groups excluding carboxylic acids is 2. The Morgan fingerprint density at radius 1 is 1.08 bits per heavy atom. The fourth-order valence-electron chi connectivity index (χ4n) is 2.90. The van der Waals surface area contributed by atoms with E-state index in [1.165, 1.54) is 7.11 Å². The molecule has 0 amide bonds. The molecule has 0 radical (unpaired) electrons. The maximum Gasteiger partial charge on any atom is 0.323 e. The van der Waals surface area contributed by atoms with Crippen molar-refractivity contribution >= 4 is 11.8 Å². The normalized spacial score (nSPS) is 12.0. The average molecular weight is 339 g/mol. The minimum Gasteiger partial charge on any atom is -0.468 e. The van der Waals surface area contributed by atoms with Crippen LogP contribution in [0, 0.1) is 6.92 Å². The number of methoxy groups -OCH3 is 1. The molecule has 0 saturated carbocycles. The molecule has 0 bridgehead atoms. The van der Waals surface area contributed by atoms with Crippen molar-refractivity contribution in [3.8, 4) is 0 Å². The Kier molecular flexibility index (Phi) is 6.90. The number of Topliss-reactive ketones (excluding diaryl/α,β-unsaturated/α-hetero) is 1. The maximum absolute atomic E-state index is 12.7. The number of ketones is 1. The van der Waals surface area contributed by atoms with Crippen molar-refractivity contribution in [2.45, 2.75) is 32.9 Å². The van der Waals surface area contributed by atoms with Gasteiger partial charge >= 0.3 is 5.97 Å². The van der Waals surface area contributed by atoms with E-state index in [2.05, 4.69) is 0 Å². The van der Waals surface area contributed by atoms with E-state index in [4.69, 9.17) is 4.74 Å². The van der Waals surface area contributed by atoms with E-state index >= 15 is 0 Å². The van der Waals surface area contributed by atoms with Crippen LogP contribution in [-0.4, -0.2) is 36.3 Å². The number of nitrogens with zero attached hydrogens (tertiary/aromatic N) is 1. The number of hydrogen-bond donors (Lipinski definition) is 0. The Hall–Kier alpha value is -2.46. The fourth-order valence-corrected chi connectivity index (χ4v) is 2.90. The van der Waals surface area contributed by atoms with Gasteiger partial charge in [-0.2, -0.15) is 0 Å². The van der Waals surface area contributed by atoms with Crippen molar-refractivity contribution in [3.05, 3.63) is 71.3 Å². The third-order valence-corrected chi connectivity index (χ3v) is 4.22. The van der Waals surface area contributed by atoms with Crippen molar-refractivity contribution in [1.82, 2.24) is 4.90 Å². The summed E-state index contributed by atoms with van der Waals surface area (Å²) in [4.78, 5) is 26.8. The van der Waals surface area contributed by atoms with E-state index < -0.39 is 6.04 Å². The standard InChI is InChI=1S/C21H25NO3/c1-4-19(21(24)25-3)22(14-17-10-6-5-7-11-17)15-20(23)18-12-8-9-16(2)13-18/h5-13,19H,4,14-15H2,1-3H3/t19-/m1/s1. The molecule has 2 rings (SSSR count). The maximum atomic E-state index is 12.7. The molecule has 0 fully saturated rings. The summed E-state index contributed by atoms with van der Waals surface area (Å²) >= 11 is 0. The van der Waals surface area contributed by atoms with Crippen LogP contribution in [0.1, 0.15) is 34.8 Å². The molecule has 1 atom stereocenters. The highest BCUT2D eigenvalue weighted by molar-refractivity contribution is 5.98. The zero-order valence-corrected chi connectivity index (χ0v) is 15.1. The molecule has 4 heteroatoms. The molecule has 0 aliphatic rings. The lowest BCUT2D eigenvalue weighted by molar-refractivity contribution is -0.147. The van der Waals surface area contributed by atoms with Crippen molar-refractivity contribution in [3.63, 3.8) is 0 Å². The van der Waals surface area contributed by atoms with Crippen LogP contribution in [0.3, 0.4) is 0 Å². The van der Waals surface area contributed by atoms with E-state index in [0.717, 1.165) is 11.1 Å². The monoisotopic (exact) mass is 339 g/mol. The van der Waals surface area contributed by atoms with Gasteiger partial charge in [-0.3, -0.25) is 14.5 Å². The van der Waals surface area contributed by atoms with Gasteiger partial charge in [-0.05, 0) is 25.0 Å². The zero-order valence-electron chi connectivity index (χ0n) is 15.1. The van der Waals surface area contributed by atoms with Crippen LogP contribution in [-0.2, 0) is 16.1 Å². The molecule has 0 aliphatic carbocycles. The van der Waals surface area contributed by atoms with Crippen molar-refractivity contribution in [1.29, 1.82) is 0 Å². The zero-order chi connectivity index (χ0) is 18.2. The van der Waals surface area contributed by atoms with Crippen molar-refractivity contribution < 1.29 is 14.3 Å². The van der Waals surface area contributed by atoms with E-state index in [1.54, 1.807) is 0 Å². The summed E-state index contributed by atoms with van der Waals surface area (Å²) in [5, 5.41) is 0. The molecule has 0 aliphatic heterocycles. The second-order valence-corrected chi connectivity index (χ2v) is 6.13. The third-order valence-electron chi connectivity index (χ3n) is 4.22. The Balaban J connectivity index is 2.23. The first-order valence-electron chi connectivity index (χ1n) is 8.50. The number of ether oxygens (including phenoxy) is 1. The predicted octanol–water partition coefficient (Wildman–Crippen LogP) is 3.63. The van der Waals surface area contributed by atoms with Gasteiger partial charge in [0.2, 0.25) is 0 Å². The largest absolute Gasteiger partial charge is 0.468 e. The van der Waals surface area contributed by atoms with Gasteiger partial charge < -0.3 is 4.74 Å². The van der Waals surface area contributed by atoms with E-state index in [1.807, 2.05) is 73.3 Å². The Morgan fingerprint density at radius 2 is 1.80 bits per heavy atom. The van der Waals surface area contributed by atoms with Crippen molar-refractivity contribution in [2.75, 3.05) is 13.7 Å². The molecule has 0 aromatic heterocycles. The summed E-state index contributed by atoms with van der Waals surface area (Å²) < 4.78 is 4.94.